The van der Waals surface area contributed by atoms with E-state index in [4.69, 9.17) is 0 Å². The lowest BCUT2D eigenvalue weighted by Crippen LogP contribution is -2.46. The maximum Gasteiger partial charge on any atom is 0.316 e. The van der Waals surface area contributed by atoms with Crippen LogP contribution in [0.1, 0.15) is 42.9 Å². The molecule has 0 fully saturated rings. The molecule has 27 heavy (non-hydrogen) atoms. The summed E-state index contributed by atoms with van der Waals surface area (Å²) >= 11 is 1.86. The van der Waals surface area contributed by atoms with E-state index in [1.807, 2.05) is 11.8 Å². The molecular weight excluding hydrogens is 352 g/mol. The van der Waals surface area contributed by atoms with E-state index < -0.39 is 5.72 Å². The van der Waals surface area contributed by atoms with E-state index >= 15 is 0 Å². The lowest BCUT2D eigenvalue weighted by atomic mass is 9.99. The molecule has 0 amide bonds. The van der Waals surface area contributed by atoms with E-state index in [-0.39, 0.29) is 0 Å². The molecule has 0 aliphatic carbocycles. The van der Waals surface area contributed by atoms with Gasteiger partial charge in [0.05, 0.1) is 6.54 Å². The average Bonchev–Trinajstić information content (AvgIpc) is 3.00. The Labute approximate surface area is 166 Å². The summed E-state index contributed by atoms with van der Waals surface area (Å²) in [6, 6.07) is 17.1. The number of anilines is 1. The SMILES string of the molecule is CCCCc1ccc(N2C3=[N+](CCCS3)C[C@]2(O)c2ccc(C)cc2)cc1. The molecule has 1 atom stereocenters. The third kappa shape index (κ3) is 3.53. The van der Waals surface area contributed by atoms with Gasteiger partial charge in [0.2, 0.25) is 0 Å². The molecule has 2 heterocycles. The van der Waals surface area contributed by atoms with Crippen LogP contribution in [0.4, 0.5) is 5.69 Å². The first-order valence-electron chi connectivity index (χ1n) is 10.1. The van der Waals surface area contributed by atoms with Crippen molar-refractivity contribution >= 4 is 22.6 Å². The normalized spacial score (nSPS) is 22.3. The number of nitrogens with zero attached hydrogens (tertiary/aromatic N) is 2. The van der Waals surface area contributed by atoms with Crippen LogP contribution in [0, 0.1) is 6.92 Å². The zero-order valence-corrected chi connectivity index (χ0v) is 17.1. The van der Waals surface area contributed by atoms with Crippen molar-refractivity contribution in [3.8, 4) is 0 Å². The van der Waals surface area contributed by atoms with Crippen molar-refractivity contribution in [3.63, 3.8) is 0 Å². The van der Waals surface area contributed by atoms with Crippen molar-refractivity contribution in [2.45, 2.75) is 45.3 Å². The molecule has 0 bridgehead atoms. The second-order valence-corrected chi connectivity index (χ2v) is 8.76. The van der Waals surface area contributed by atoms with E-state index in [1.54, 1.807) is 0 Å². The molecule has 0 radical (unpaired) electrons. The number of rotatable bonds is 5. The van der Waals surface area contributed by atoms with Crippen molar-refractivity contribution in [1.29, 1.82) is 0 Å². The number of aliphatic hydroxyl groups is 1. The van der Waals surface area contributed by atoms with Gasteiger partial charge in [-0.05, 0) is 55.6 Å². The number of thioether (sulfide) groups is 1. The van der Waals surface area contributed by atoms with E-state index in [2.05, 4.69) is 71.9 Å². The quantitative estimate of drug-likeness (QED) is 0.772. The highest BCUT2D eigenvalue weighted by Crippen LogP contribution is 2.39. The molecule has 2 aliphatic heterocycles. The minimum Gasteiger partial charge on any atom is -0.346 e. The molecule has 0 unspecified atom stereocenters. The van der Waals surface area contributed by atoms with Crippen LogP contribution in [0.3, 0.4) is 0 Å². The number of hydrogen-bond acceptors (Lipinski definition) is 3. The summed E-state index contributed by atoms with van der Waals surface area (Å²) in [4.78, 5) is 2.16. The van der Waals surface area contributed by atoms with Crippen LogP contribution in [0.25, 0.3) is 0 Å². The lowest BCUT2D eigenvalue weighted by Gasteiger charge is -2.28. The van der Waals surface area contributed by atoms with Crippen molar-refractivity contribution in [3.05, 3.63) is 65.2 Å². The molecule has 0 saturated carbocycles. The fraction of sp³-hybridized carbons (Fsp3) is 0.435. The third-order valence-electron chi connectivity index (χ3n) is 5.57. The van der Waals surface area contributed by atoms with Gasteiger partial charge in [0, 0.05) is 11.3 Å². The zero-order chi connectivity index (χ0) is 18.9. The lowest BCUT2D eigenvalue weighted by molar-refractivity contribution is -0.532. The van der Waals surface area contributed by atoms with E-state index in [0.717, 1.165) is 30.0 Å². The van der Waals surface area contributed by atoms with Gasteiger partial charge in [-0.1, -0.05) is 55.3 Å². The van der Waals surface area contributed by atoms with Gasteiger partial charge in [-0.15, -0.1) is 0 Å². The Morgan fingerprint density at radius 1 is 1.11 bits per heavy atom. The molecule has 0 saturated heterocycles. The summed E-state index contributed by atoms with van der Waals surface area (Å²) in [6.45, 7) is 5.95. The van der Waals surface area contributed by atoms with Crippen molar-refractivity contribution < 1.29 is 9.68 Å². The summed E-state index contributed by atoms with van der Waals surface area (Å²) < 4.78 is 2.35. The van der Waals surface area contributed by atoms with Crippen LogP contribution in [0.2, 0.25) is 0 Å². The maximum atomic E-state index is 11.9. The molecule has 142 valence electrons. The van der Waals surface area contributed by atoms with Crippen LogP contribution in [0.5, 0.6) is 0 Å². The molecule has 0 aromatic heterocycles. The Bertz CT molecular complexity index is 828. The molecule has 3 nitrogen and oxygen atoms in total. The van der Waals surface area contributed by atoms with Crippen LogP contribution in [-0.4, -0.2) is 33.7 Å². The highest BCUT2D eigenvalue weighted by Gasteiger charge is 2.55. The van der Waals surface area contributed by atoms with Gasteiger partial charge in [0.15, 0.2) is 6.54 Å². The summed E-state index contributed by atoms with van der Waals surface area (Å²) in [5.41, 5.74) is 3.60. The largest absolute Gasteiger partial charge is 0.346 e. The van der Waals surface area contributed by atoms with Gasteiger partial charge in [0.1, 0.15) is 5.69 Å². The van der Waals surface area contributed by atoms with Gasteiger partial charge >= 0.3 is 5.17 Å². The second-order valence-electron chi connectivity index (χ2n) is 7.69. The van der Waals surface area contributed by atoms with Gasteiger partial charge in [-0.3, -0.25) is 0 Å². The first-order valence-corrected chi connectivity index (χ1v) is 11.0. The molecule has 4 heteroatoms. The number of benzene rings is 2. The average molecular weight is 382 g/mol. The Morgan fingerprint density at radius 3 is 2.56 bits per heavy atom. The Kier molecular flexibility index (Phi) is 5.29. The zero-order valence-electron chi connectivity index (χ0n) is 16.3. The summed E-state index contributed by atoms with van der Waals surface area (Å²) in [5, 5.41) is 13.0. The molecule has 1 N–H and O–H groups in total. The first kappa shape index (κ1) is 18.6. The number of hydrogen-bond donors (Lipinski definition) is 1. The molecule has 4 rings (SSSR count). The van der Waals surface area contributed by atoms with Gasteiger partial charge in [0.25, 0.3) is 5.72 Å². The highest BCUT2D eigenvalue weighted by atomic mass is 32.2. The fourth-order valence-corrected chi connectivity index (χ4v) is 5.19. The topological polar surface area (TPSA) is 26.5 Å². The highest BCUT2D eigenvalue weighted by molar-refractivity contribution is 8.14. The minimum atomic E-state index is -1.02. The molecule has 0 spiro atoms. The third-order valence-corrected chi connectivity index (χ3v) is 6.77. The Morgan fingerprint density at radius 2 is 1.85 bits per heavy atom. The summed E-state index contributed by atoms with van der Waals surface area (Å²) in [5.74, 6) is 1.11. The molecule has 2 aromatic carbocycles. The summed E-state index contributed by atoms with van der Waals surface area (Å²) in [7, 11) is 0. The van der Waals surface area contributed by atoms with Crippen molar-refractivity contribution in [2.24, 2.45) is 0 Å². The van der Waals surface area contributed by atoms with E-state index in [9.17, 15) is 5.11 Å². The predicted molar refractivity (Wildman–Crippen MR) is 115 cm³/mol. The second kappa shape index (κ2) is 7.69. The van der Waals surface area contributed by atoms with Crippen molar-refractivity contribution in [2.75, 3.05) is 23.7 Å². The van der Waals surface area contributed by atoms with Crippen LogP contribution < -0.4 is 4.90 Å². The monoisotopic (exact) mass is 381 g/mol. The number of aryl methyl sites for hydroxylation is 2. The Balaban J connectivity index is 1.72. The van der Waals surface area contributed by atoms with Crippen LogP contribution in [0.15, 0.2) is 48.5 Å². The van der Waals surface area contributed by atoms with Crippen molar-refractivity contribution in [1.82, 2.24) is 0 Å². The maximum absolute atomic E-state index is 11.9. The van der Waals surface area contributed by atoms with E-state index in [1.165, 1.54) is 35.6 Å². The number of amidine groups is 1. The van der Waals surface area contributed by atoms with E-state index in [0.29, 0.717) is 6.54 Å². The molecular formula is C23H29N2OS+. The summed E-state index contributed by atoms with van der Waals surface area (Å²) in [6.07, 6.45) is 4.72. The fourth-order valence-electron chi connectivity index (χ4n) is 4.01. The molecule has 2 aromatic rings. The Hall–Kier alpha value is -1.78. The predicted octanol–water partition coefficient (Wildman–Crippen LogP) is 4.51. The molecule has 2 aliphatic rings. The van der Waals surface area contributed by atoms with Gasteiger partial charge in [-0.25, -0.2) is 4.58 Å². The van der Waals surface area contributed by atoms with Gasteiger partial charge in [-0.2, -0.15) is 4.90 Å². The standard InChI is InChI=1S/C23H29N2OS/c1-3-4-6-19-9-13-21(14-10-19)25-22-24(15-5-16-27-22)17-23(25,26)20-11-7-18(2)8-12-20/h7-14,26H,3-6,15-17H2,1-2H3/q+1/t23-/m0/s1. The first-order chi connectivity index (χ1) is 13.1. The van der Waals surface area contributed by atoms with Gasteiger partial charge < -0.3 is 5.11 Å². The smallest absolute Gasteiger partial charge is 0.316 e. The van der Waals surface area contributed by atoms with Crippen LogP contribution in [-0.2, 0) is 12.1 Å². The number of unbranched alkanes of at least 4 members (excludes halogenated alkanes) is 1. The van der Waals surface area contributed by atoms with Crippen LogP contribution >= 0.6 is 11.8 Å². The minimum absolute atomic E-state index is 0.621.